The monoisotopic (exact) mass is 325 g/mol. The molecule has 0 aliphatic carbocycles. The van der Waals surface area contributed by atoms with Crippen LogP contribution in [0.25, 0.3) is 11.1 Å². The summed E-state index contributed by atoms with van der Waals surface area (Å²) in [6.45, 7) is 6.37. The molecule has 0 aromatic heterocycles. The van der Waals surface area contributed by atoms with Crippen molar-refractivity contribution in [2.75, 3.05) is 32.9 Å². The standard InChI is InChI=1S/C20H23NO3/c1-2-24-20(22)17-8-9-19(16-6-4-3-5-7-16)18(14-17)15-21-10-12-23-13-11-21/h3-9,14H,2,10-13,15H2,1H3. The van der Waals surface area contributed by atoms with Gasteiger partial charge in [0.25, 0.3) is 0 Å². The van der Waals surface area contributed by atoms with Crippen molar-refractivity contribution in [3.63, 3.8) is 0 Å². The van der Waals surface area contributed by atoms with E-state index in [1.165, 1.54) is 0 Å². The zero-order valence-electron chi connectivity index (χ0n) is 14.0. The molecule has 0 amide bonds. The van der Waals surface area contributed by atoms with Crippen molar-refractivity contribution in [1.29, 1.82) is 0 Å². The fraction of sp³-hybridized carbons (Fsp3) is 0.350. The van der Waals surface area contributed by atoms with Crippen LogP contribution in [-0.4, -0.2) is 43.8 Å². The summed E-state index contributed by atoms with van der Waals surface area (Å²) in [5.74, 6) is -0.264. The Morgan fingerprint density at radius 1 is 1.12 bits per heavy atom. The van der Waals surface area contributed by atoms with Gasteiger partial charge in [-0.1, -0.05) is 36.4 Å². The van der Waals surface area contributed by atoms with Gasteiger partial charge < -0.3 is 9.47 Å². The van der Waals surface area contributed by atoms with Crippen LogP contribution < -0.4 is 0 Å². The molecule has 1 aliphatic rings. The third kappa shape index (κ3) is 4.02. The fourth-order valence-corrected chi connectivity index (χ4v) is 2.97. The van der Waals surface area contributed by atoms with Gasteiger partial charge in [0.1, 0.15) is 0 Å². The zero-order chi connectivity index (χ0) is 16.8. The van der Waals surface area contributed by atoms with E-state index >= 15 is 0 Å². The van der Waals surface area contributed by atoms with Crippen molar-refractivity contribution in [3.05, 3.63) is 59.7 Å². The van der Waals surface area contributed by atoms with Crippen LogP contribution >= 0.6 is 0 Å². The van der Waals surface area contributed by atoms with Crippen molar-refractivity contribution < 1.29 is 14.3 Å². The maximum atomic E-state index is 12.1. The molecule has 0 unspecified atom stereocenters. The number of benzene rings is 2. The summed E-state index contributed by atoms with van der Waals surface area (Å²) >= 11 is 0. The van der Waals surface area contributed by atoms with Gasteiger partial charge in [-0.25, -0.2) is 4.79 Å². The molecule has 1 saturated heterocycles. The van der Waals surface area contributed by atoms with Crippen molar-refractivity contribution in [1.82, 2.24) is 4.90 Å². The van der Waals surface area contributed by atoms with E-state index in [1.54, 1.807) is 0 Å². The quantitative estimate of drug-likeness (QED) is 0.790. The Kier molecular flexibility index (Phi) is 5.62. The average molecular weight is 325 g/mol. The van der Waals surface area contributed by atoms with Crippen molar-refractivity contribution in [3.8, 4) is 11.1 Å². The number of rotatable bonds is 5. The minimum absolute atomic E-state index is 0.264. The molecule has 1 aliphatic heterocycles. The molecule has 24 heavy (non-hydrogen) atoms. The van der Waals surface area contributed by atoms with Crippen LogP contribution in [0, 0.1) is 0 Å². The Hall–Kier alpha value is -2.17. The van der Waals surface area contributed by atoms with Crippen LogP contribution in [0.2, 0.25) is 0 Å². The van der Waals surface area contributed by atoms with E-state index in [2.05, 4.69) is 17.0 Å². The Labute approximate surface area is 143 Å². The molecule has 0 atom stereocenters. The summed E-state index contributed by atoms with van der Waals surface area (Å²) in [4.78, 5) is 14.4. The molecule has 0 N–H and O–H groups in total. The van der Waals surface area contributed by atoms with E-state index < -0.39 is 0 Å². The molecule has 0 spiro atoms. The summed E-state index contributed by atoms with van der Waals surface area (Å²) in [5, 5.41) is 0. The average Bonchev–Trinajstić information content (AvgIpc) is 2.63. The van der Waals surface area contributed by atoms with E-state index in [0.29, 0.717) is 12.2 Å². The molecule has 126 valence electrons. The number of carbonyl (C=O) groups excluding carboxylic acids is 1. The van der Waals surface area contributed by atoms with Gasteiger partial charge in [0.15, 0.2) is 0 Å². The first kappa shape index (κ1) is 16.7. The third-order valence-corrected chi connectivity index (χ3v) is 4.20. The normalized spacial score (nSPS) is 15.2. The number of hydrogen-bond acceptors (Lipinski definition) is 4. The van der Waals surface area contributed by atoms with E-state index in [0.717, 1.165) is 49.5 Å². The minimum Gasteiger partial charge on any atom is -0.462 e. The molecule has 1 fully saturated rings. The lowest BCUT2D eigenvalue weighted by atomic mass is 9.97. The molecule has 2 aromatic rings. The van der Waals surface area contributed by atoms with Crippen LogP contribution in [0.5, 0.6) is 0 Å². The third-order valence-electron chi connectivity index (χ3n) is 4.20. The Balaban J connectivity index is 1.93. The fourth-order valence-electron chi connectivity index (χ4n) is 2.97. The predicted molar refractivity (Wildman–Crippen MR) is 93.9 cm³/mol. The lowest BCUT2D eigenvalue weighted by Gasteiger charge is -2.27. The highest BCUT2D eigenvalue weighted by Gasteiger charge is 2.16. The first-order valence-electron chi connectivity index (χ1n) is 8.43. The molecule has 3 rings (SSSR count). The molecule has 4 nitrogen and oxygen atoms in total. The van der Waals surface area contributed by atoms with Crippen LogP contribution in [0.3, 0.4) is 0 Å². The number of carbonyl (C=O) groups is 1. The zero-order valence-corrected chi connectivity index (χ0v) is 14.0. The maximum absolute atomic E-state index is 12.1. The van der Waals surface area contributed by atoms with Crippen molar-refractivity contribution in [2.45, 2.75) is 13.5 Å². The first-order valence-corrected chi connectivity index (χ1v) is 8.43. The largest absolute Gasteiger partial charge is 0.462 e. The number of hydrogen-bond donors (Lipinski definition) is 0. The highest BCUT2D eigenvalue weighted by atomic mass is 16.5. The van der Waals surface area contributed by atoms with E-state index in [1.807, 2.05) is 43.3 Å². The van der Waals surface area contributed by atoms with Gasteiger partial charge in [-0.05, 0) is 35.7 Å². The van der Waals surface area contributed by atoms with Gasteiger partial charge >= 0.3 is 5.97 Å². The molecular formula is C20H23NO3. The molecule has 2 aromatic carbocycles. The Morgan fingerprint density at radius 3 is 2.58 bits per heavy atom. The van der Waals surface area contributed by atoms with Crippen LogP contribution in [0.4, 0.5) is 0 Å². The summed E-state index contributed by atoms with van der Waals surface area (Å²) in [6.07, 6.45) is 0. The summed E-state index contributed by atoms with van der Waals surface area (Å²) in [7, 11) is 0. The van der Waals surface area contributed by atoms with Gasteiger partial charge in [-0.3, -0.25) is 4.90 Å². The summed E-state index contributed by atoms with van der Waals surface area (Å²) in [6, 6.07) is 16.1. The lowest BCUT2D eigenvalue weighted by molar-refractivity contribution is 0.0342. The summed E-state index contributed by atoms with van der Waals surface area (Å²) in [5.41, 5.74) is 4.08. The second-order valence-electron chi connectivity index (χ2n) is 5.85. The molecule has 1 heterocycles. The topological polar surface area (TPSA) is 38.8 Å². The second kappa shape index (κ2) is 8.08. The number of esters is 1. The first-order chi connectivity index (χ1) is 11.8. The minimum atomic E-state index is -0.264. The van der Waals surface area contributed by atoms with E-state index in [4.69, 9.17) is 9.47 Å². The highest BCUT2D eigenvalue weighted by Crippen LogP contribution is 2.26. The second-order valence-corrected chi connectivity index (χ2v) is 5.85. The Bertz CT molecular complexity index is 679. The van der Waals surface area contributed by atoms with Gasteiger partial charge in [-0.2, -0.15) is 0 Å². The van der Waals surface area contributed by atoms with Gasteiger partial charge in [0.05, 0.1) is 25.4 Å². The molecule has 0 radical (unpaired) electrons. The maximum Gasteiger partial charge on any atom is 0.338 e. The van der Waals surface area contributed by atoms with Crippen LogP contribution in [-0.2, 0) is 16.0 Å². The molecule has 4 heteroatoms. The molecular weight excluding hydrogens is 302 g/mol. The Morgan fingerprint density at radius 2 is 1.88 bits per heavy atom. The summed E-state index contributed by atoms with van der Waals surface area (Å²) < 4.78 is 10.6. The van der Waals surface area contributed by atoms with Crippen molar-refractivity contribution in [2.24, 2.45) is 0 Å². The number of nitrogens with zero attached hydrogens (tertiary/aromatic N) is 1. The lowest BCUT2D eigenvalue weighted by Crippen LogP contribution is -2.35. The van der Waals surface area contributed by atoms with E-state index in [-0.39, 0.29) is 5.97 Å². The molecule has 0 bridgehead atoms. The van der Waals surface area contributed by atoms with Crippen molar-refractivity contribution >= 4 is 5.97 Å². The number of ether oxygens (including phenoxy) is 2. The molecule has 0 saturated carbocycles. The number of morpholine rings is 1. The predicted octanol–water partition coefficient (Wildman–Crippen LogP) is 3.36. The van der Waals surface area contributed by atoms with Crippen LogP contribution in [0.15, 0.2) is 48.5 Å². The van der Waals surface area contributed by atoms with Gasteiger partial charge in [0, 0.05) is 19.6 Å². The van der Waals surface area contributed by atoms with E-state index in [9.17, 15) is 4.79 Å². The SMILES string of the molecule is CCOC(=O)c1ccc(-c2ccccc2)c(CN2CCOCC2)c1. The smallest absolute Gasteiger partial charge is 0.338 e. The van der Waals surface area contributed by atoms with Gasteiger partial charge in [-0.15, -0.1) is 0 Å². The van der Waals surface area contributed by atoms with Gasteiger partial charge in [0.2, 0.25) is 0 Å². The highest BCUT2D eigenvalue weighted by molar-refractivity contribution is 5.90. The van der Waals surface area contributed by atoms with Crippen LogP contribution in [0.1, 0.15) is 22.8 Å².